The largest absolute Gasteiger partial charge is 0.479 e. The summed E-state index contributed by atoms with van der Waals surface area (Å²) in [7, 11) is 0. The number of carbonyl (C=O) groups excluding carboxylic acids is 2. The molecule has 0 aliphatic carbocycles. The third-order valence-corrected chi connectivity index (χ3v) is 3.72. The molecular formula is C19H20ClNO4. The van der Waals surface area contributed by atoms with E-state index in [0.717, 1.165) is 0 Å². The number of nitrogens with one attached hydrogen (secondary N) is 1. The van der Waals surface area contributed by atoms with Crippen LogP contribution in [0.4, 0.5) is 5.69 Å². The SMILES string of the molecule is CCOC(=O)c1cccc(NC(=O)[C@@H](CC)Oc2ccccc2Cl)c1. The van der Waals surface area contributed by atoms with Crippen molar-refractivity contribution < 1.29 is 19.1 Å². The molecule has 25 heavy (non-hydrogen) atoms. The van der Waals surface area contributed by atoms with Gasteiger partial charge in [0.05, 0.1) is 17.2 Å². The highest BCUT2D eigenvalue weighted by atomic mass is 35.5. The second kappa shape index (κ2) is 9.08. The fraction of sp³-hybridized carbons (Fsp3) is 0.263. The summed E-state index contributed by atoms with van der Waals surface area (Å²) in [4.78, 5) is 24.2. The van der Waals surface area contributed by atoms with Crippen LogP contribution in [0, 0.1) is 0 Å². The molecule has 5 nitrogen and oxygen atoms in total. The zero-order chi connectivity index (χ0) is 18.2. The molecule has 2 rings (SSSR count). The van der Waals surface area contributed by atoms with Crippen LogP contribution in [0.1, 0.15) is 30.6 Å². The molecule has 0 radical (unpaired) electrons. The van der Waals surface area contributed by atoms with Crippen molar-refractivity contribution >= 4 is 29.2 Å². The molecule has 0 unspecified atom stereocenters. The smallest absolute Gasteiger partial charge is 0.338 e. The number of carbonyl (C=O) groups is 2. The summed E-state index contributed by atoms with van der Waals surface area (Å²) in [6.07, 6.45) is -0.236. The molecule has 1 atom stereocenters. The maximum absolute atomic E-state index is 12.5. The summed E-state index contributed by atoms with van der Waals surface area (Å²) in [5.74, 6) is -0.298. The van der Waals surface area contributed by atoms with E-state index in [1.54, 1.807) is 55.5 Å². The van der Waals surface area contributed by atoms with Gasteiger partial charge in [-0.1, -0.05) is 36.7 Å². The summed E-state index contributed by atoms with van der Waals surface area (Å²) < 4.78 is 10.7. The van der Waals surface area contributed by atoms with Crippen LogP contribution in [0.2, 0.25) is 5.02 Å². The Hall–Kier alpha value is -2.53. The molecule has 0 saturated heterocycles. The normalized spacial score (nSPS) is 11.5. The summed E-state index contributed by atoms with van der Waals surface area (Å²) >= 11 is 6.07. The van der Waals surface area contributed by atoms with Gasteiger partial charge in [0.2, 0.25) is 0 Å². The first-order chi connectivity index (χ1) is 12.0. The Bertz CT molecular complexity index is 748. The van der Waals surface area contributed by atoms with Gasteiger partial charge in [-0.3, -0.25) is 4.79 Å². The van der Waals surface area contributed by atoms with Gasteiger partial charge in [-0.15, -0.1) is 0 Å². The van der Waals surface area contributed by atoms with Crippen molar-refractivity contribution in [3.8, 4) is 5.75 Å². The van der Waals surface area contributed by atoms with E-state index >= 15 is 0 Å². The Labute approximate surface area is 151 Å². The first-order valence-corrected chi connectivity index (χ1v) is 8.42. The molecule has 0 heterocycles. The summed E-state index contributed by atoms with van der Waals surface area (Å²) in [6.45, 7) is 3.87. The van der Waals surface area contributed by atoms with E-state index in [1.807, 2.05) is 6.92 Å². The second-order valence-corrected chi connectivity index (χ2v) is 5.64. The predicted octanol–water partition coefficient (Wildman–Crippen LogP) is 4.31. The van der Waals surface area contributed by atoms with E-state index < -0.39 is 12.1 Å². The summed E-state index contributed by atoms with van der Waals surface area (Å²) in [5, 5.41) is 3.20. The molecule has 0 aliphatic rings. The number of ether oxygens (including phenoxy) is 2. The van der Waals surface area contributed by atoms with E-state index in [1.165, 1.54) is 0 Å². The number of benzene rings is 2. The fourth-order valence-corrected chi connectivity index (χ4v) is 2.36. The molecule has 6 heteroatoms. The number of anilines is 1. The Morgan fingerprint density at radius 1 is 1.12 bits per heavy atom. The fourth-order valence-electron chi connectivity index (χ4n) is 2.18. The van der Waals surface area contributed by atoms with Crippen molar-refractivity contribution in [2.24, 2.45) is 0 Å². The van der Waals surface area contributed by atoms with Gasteiger partial charge in [0, 0.05) is 5.69 Å². The number of para-hydroxylation sites is 1. The Balaban J connectivity index is 2.08. The first kappa shape index (κ1) is 18.8. The summed E-state index contributed by atoms with van der Waals surface area (Å²) in [6, 6.07) is 13.6. The molecule has 0 bridgehead atoms. The molecule has 0 saturated carbocycles. The van der Waals surface area contributed by atoms with Gasteiger partial charge in [0.25, 0.3) is 5.91 Å². The monoisotopic (exact) mass is 361 g/mol. The molecule has 1 amide bonds. The lowest BCUT2D eigenvalue weighted by Gasteiger charge is -2.18. The minimum absolute atomic E-state index is 0.291. The Morgan fingerprint density at radius 3 is 2.56 bits per heavy atom. The molecule has 0 aromatic heterocycles. The molecule has 0 aliphatic heterocycles. The average molecular weight is 362 g/mol. The Morgan fingerprint density at radius 2 is 1.88 bits per heavy atom. The van der Waals surface area contributed by atoms with Gasteiger partial charge < -0.3 is 14.8 Å². The van der Waals surface area contributed by atoms with E-state index in [-0.39, 0.29) is 5.91 Å². The number of halogens is 1. The van der Waals surface area contributed by atoms with Crippen molar-refractivity contribution in [1.82, 2.24) is 0 Å². The number of amides is 1. The zero-order valence-corrected chi connectivity index (χ0v) is 14.9. The molecular weight excluding hydrogens is 342 g/mol. The third kappa shape index (κ3) is 5.22. The van der Waals surface area contributed by atoms with Crippen LogP contribution in [-0.2, 0) is 9.53 Å². The van der Waals surface area contributed by atoms with E-state index in [4.69, 9.17) is 21.1 Å². The van der Waals surface area contributed by atoms with Gasteiger partial charge in [0.1, 0.15) is 5.75 Å². The van der Waals surface area contributed by atoms with Crippen molar-refractivity contribution in [2.75, 3.05) is 11.9 Å². The first-order valence-electron chi connectivity index (χ1n) is 8.04. The van der Waals surface area contributed by atoms with Gasteiger partial charge in [-0.05, 0) is 43.7 Å². The van der Waals surface area contributed by atoms with Crippen LogP contribution in [0.3, 0.4) is 0 Å². The van der Waals surface area contributed by atoms with Gasteiger partial charge in [-0.2, -0.15) is 0 Å². The standard InChI is InChI=1S/C19H20ClNO4/c1-3-16(25-17-11-6-5-10-15(17)20)18(22)21-14-9-7-8-13(12-14)19(23)24-4-2/h5-12,16H,3-4H2,1-2H3,(H,21,22)/t16-/m1/s1. The average Bonchev–Trinajstić information content (AvgIpc) is 2.61. The lowest BCUT2D eigenvalue weighted by atomic mass is 10.2. The highest BCUT2D eigenvalue weighted by molar-refractivity contribution is 6.32. The van der Waals surface area contributed by atoms with Crippen LogP contribution < -0.4 is 10.1 Å². The second-order valence-electron chi connectivity index (χ2n) is 5.24. The highest BCUT2D eigenvalue weighted by Crippen LogP contribution is 2.25. The maximum Gasteiger partial charge on any atom is 0.338 e. The molecule has 132 valence electrons. The van der Waals surface area contributed by atoms with Gasteiger partial charge in [-0.25, -0.2) is 4.79 Å². The van der Waals surface area contributed by atoms with Gasteiger partial charge >= 0.3 is 5.97 Å². The Kier molecular flexibility index (Phi) is 6.83. The van der Waals surface area contributed by atoms with Gasteiger partial charge in [0.15, 0.2) is 6.10 Å². The van der Waals surface area contributed by atoms with Crippen LogP contribution in [-0.4, -0.2) is 24.6 Å². The maximum atomic E-state index is 12.5. The molecule has 0 fully saturated rings. The minimum Gasteiger partial charge on any atom is -0.479 e. The van der Waals surface area contributed by atoms with Crippen LogP contribution in [0.15, 0.2) is 48.5 Å². The lowest BCUT2D eigenvalue weighted by Crippen LogP contribution is -2.32. The third-order valence-electron chi connectivity index (χ3n) is 3.41. The van der Waals surface area contributed by atoms with Crippen LogP contribution in [0.25, 0.3) is 0 Å². The zero-order valence-electron chi connectivity index (χ0n) is 14.1. The van der Waals surface area contributed by atoms with Crippen LogP contribution in [0.5, 0.6) is 5.75 Å². The van der Waals surface area contributed by atoms with Crippen molar-refractivity contribution in [2.45, 2.75) is 26.4 Å². The topological polar surface area (TPSA) is 64.6 Å². The number of esters is 1. The van der Waals surface area contributed by atoms with E-state index in [0.29, 0.717) is 35.1 Å². The minimum atomic E-state index is -0.703. The highest BCUT2D eigenvalue weighted by Gasteiger charge is 2.20. The van der Waals surface area contributed by atoms with Crippen molar-refractivity contribution in [1.29, 1.82) is 0 Å². The number of rotatable bonds is 7. The molecule has 1 N–H and O–H groups in total. The van der Waals surface area contributed by atoms with Crippen molar-refractivity contribution in [3.63, 3.8) is 0 Å². The van der Waals surface area contributed by atoms with E-state index in [2.05, 4.69) is 5.32 Å². The van der Waals surface area contributed by atoms with E-state index in [9.17, 15) is 9.59 Å². The van der Waals surface area contributed by atoms with Crippen LogP contribution >= 0.6 is 11.6 Å². The number of hydrogen-bond donors (Lipinski definition) is 1. The molecule has 2 aromatic carbocycles. The lowest BCUT2D eigenvalue weighted by molar-refractivity contribution is -0.122. The molecule has 0 spiro atoms. The quantitative estimate of drug-likeness (QED) is 0.746. The predicted molar refractivity (Wildman–Crippen MR) is 97.2 cm³/mol. The summed E-state index contributed by atoms with van der Waals surface area (Å²) in [5.41, 5.74) is 0.872. The molecule has 2 aromatic rings. The van der Waals surface area contributed by atoms with Crippen molar-refractivity contribution in [3.05, 3.63) is 59.1 Å². The number of hydrogen-bond acceptors (Lipinski definition) is 4.